The van der Waals surface area contributed by atoms with Gasteiger partial charge in [0.25, 0.3) is 0 Å². The van der Waals surface area contributed by atoms with E-state index in [9.17, 15) is 0 Å². The Morgan fingerprint density at radius 3 is 1.47 bits per heavy atom. The second-order valence-electron chi connectivity index (χ2n) is 4.21. The molecule has 0 saturated carbocycles. The van der Waals surface area contributed by atoms with Gasteiger partial charge in [0, 0.05) is 0 Å². The van der Waals surface area contributed by atoms with Crippen molar-refractivity contribution >= 4 is 35.6 Å². The van der Waals surface area contributed by atoms with Crippen molar-refractivity contribution in [2.75, 3.05) is 0 Å². The Kier molecular flexibility index (Phi) is 14.7. The molecule has 0 unspecified atom stereocenters. The van der Waals surface area contributed by atoms with Crippen LogP contribution in [-0.2, 0) is 0 Å². The molecule has 15 heavy (non-hydrogen) atoms. The molecule has 0 aliphatic heterocycles. The van der Waals surface area contributed by atoms with E-state index in [1.807, 2.05) is 0 Å². The van der Waals surface area contributed by atoms with Crippen LogP contribution in [0.3, 0.4) is 0 Å². The van der Waals surface area contributed by atoms with Gasteiger partial charge in [-0.15, -0.1) is 0 Å². The van der Waals surface area contributed by atoms with E-state index in [0.717, 1.165) is 4.37 Å². The maximum absolute atomic E-state index is 5.84. The zero-order chi connectivity index (χ0) is 11.4. The molecule has 0 aromatic carbocycles. The summed E-state index contributed by atoms with van der Waals surface area (Å²) in [5, 5.41) is 0. The van der Waals surface area contributed by atoms with Crippen LogP contribution in [0.1, 0.15) is 71.1 Å². The third-order valence-electron chi connectivity index (χ3n) is 2.68. The van der Waals surface area contributed by atoms with Gasteiger partial charge in [-0.1, -0.05) is 0 Å². The number of unbranched alkanes of at least 4 members (excludes halogenated alkanes) is 9. The molecular formula is C12H25Cl2Sb. The Hall–Kier alpha value is 1.40. The molecule has 0 aliphatic rings. The standard InChI is InChI=1S/C12H25.2ClH.Sb/c1-3-5-7-9-11-12-10-8-6-4-2;;;/h1,3-12H2,2H3;2*1H;/q;;;+2/p-2. The van der Waals surface area contributed by atoms with Crippen molar-refractivity contribution in [1.29, 1.82) is 0 Å². The Bertz CT molecular complexity index is 118. The zero-order valence-electron chi connectivity index (χ0n) is 9.98. The van der Waals surface area contributed by atoms with Crippen LogP contribution in [0.4, 0.5) is 0 Å². The average Bonchev–Trinajstić information content (AvgIpc) is 2.20. The molecule has 0 spiro atoms. The average molecular weight is 362 g/mol. The molecule has 0 aromatic rings. The molecule has 92 valence electrons. The zero-order valence-corrected chi connectivity index (χ0v) is 14.0. The van der Waals surface area contributed by atoms with E-state index in [4.69, 9.17) is 17.7 Å². The molecule has 0 atom stereocenters. The van der Waals surface area contributed by atoms with Crippen molar-refractivity contribution in [3.8, 4) is 0 Å². The van der Waals surface area contributed by atoms with Crippen molar-refractivity contribution in [3.63, 3.8) is 0 Å². The van der Waals surface area contributed by atoms with Crippen molar-refractivity contribution in [2.45, 2.75) is 75.5 Å². The van der Waals surface area contributed by atoms with E-state index < -0.39 is 17.9 Å². The van der Waals surface area contributed by atoms with Crippen LogP contribution in [0.5, 0.6) is 0 Å². The van der Waals surface area contributed by atoms with Crippen LogP contribution in [0.25, 0.3) is 0 Å². The monoisotopic (exact) mass is 360 g/mol. The molecule has 0 aliphatic carbocycles. The van der Waals surface area contributed by atoms with Gasteiger partial charge in [0.15, 0.2) is 0 Å². The fourth-order valence-electron chi connectivity index (χ4n) is 1.72. The van der Waals surface area contributed by atoms with Gasteiger partial charge in [-0.2, -0.15) is 0 Å². The number of rotatable bonds is 11. The summed E-state index contributed by atoms with van der Waals surface area (Å²) in [6, 6.07) is 0. The predicted octanol–water partition coefficient (Wildman–Crippen LogP) is 5.87. The quantitative estimate of drug-likeness (QED) is 0.318. The first-order chi connectivity index (χ1) is 7.27. The van der Waals surface area contributed by atoms with Crippen LogP contribution < -0.4 is 0 Å². The third kappa shape index (κ3) is 15.4. The van der Waals surface area contributed by atoms with Crippen molar-refractivity contribution in [3.05, 3.63) is 0 Å². The summed E-state index contributed by atoms with van der Waals surface area (Å²) in [5.41, 5.74) is 0. The fourth-order valence-corrected chi connectivity index (χ4v) is 4.64. The molecule has 3 heteroatoms. The molecule has 0 nitrogen and oxygen atoms in total. The Morgan fingerprint density at radius 2 is 1.07 bits per heavy atom. The van der Waals surface area contributed by atoms with Crippen molar-refractivity contribution < 1.29 is 0 Å². The van der Waals surface area contributed by atoms with Crippen LogP contribution in [0, 0.1) is 0 Å². The maximum atomic E-state index is 5.84. The van der Waals surface area contributed by atoms with Crippen LogP contribution in [-0.4, -0.2) is 17.9 Å². The minimum atomic E-state index is -1.67. The van der Waals surface area contributed by atoms with Crippen molar-refractivity contribution in [2.24, 2.45) is 0 Å². The second-order valence-corrected chi connectivity index (χ2v) is 13.8. The van der Waals surface area contributed by atoms with E-state index in [-0.39, 0.29) is 0 Å². The van der Waals surface area contributed by atoms with Gasteiger partial charge in [-0.25, -0.2) is 0 Å². The molecule has 0 fully saturated rings. The third-order valence-corrected chi connectivity index (χ3v) is 6.82. The first-order valence-corrected chi connectivity index (χ1v) is 14.6. The van der Waals surface area contributed by atoms with E-state index in [1.165, 1.54) is 64.2 Å². The van der Waals surface area contributed by atoms with Crippen LogP contribution in [0.2, 0.25) is 4.37 Å². The Morgan fingerprint density at radius 1 is 0.667 bits per heavy atom. The summed E-state index contributed by atoms with van der Waals surface area (Å²) in [6.07, 6.45) is 13.9. The number of hydrogen-bond acceptors (Lipinski definition) is 0. The van der Waals surface area contributed by atoms with Crippen LogP contribution in [0.15, 0.2) is 0 Å². The topological polar surface area (TPSA) is 0 Å². The summed E-state index contributed by atoms with van der Waals surface area (Å²) in [6.45, 7) is 2.27. The molecule has 0 rings (SSSR count). The van der Waals surface area contributed by atoms with E-state index in [2.05, 4.69) is 6.92 Å². The van der Waals surface area contributed by atoms with Crippen molar-refractivity contribution in [1.82, 2.24) is 0 Å². The van der Waals surface area contributed by atoms with Gasteiger partial charge in [0.2, 0.25) is 0 Å². The summed E-state index contributed by atoms with van der Waals surface area (Å²) >= 11 is -1.67. The summed E-state index contributed by atoms with van der Waals surface area (Å²) in [7, 11) is 11.7. The fraction of sp³-hybridized carbons (Fsp3) is 1.00. The summed E-state index contributed by atoms with van der Waals surface area (Å²) < 4.78 is 1.14. The van der Waals surface area contributed by atoms with Crippen LogP contribution >= 0.6 is 17.7 Å². The first kappa shape index (κ1) is 16.4. The van der Waals surface area contributed by atoms with Gasteiger partial charge in [0.1, 0.15) is 0 Å². The predicted molar refractivity (Wildman–Crippen MR) is 74.1 cm³/mol. The van der Waals surface area contributed by atoms with E-state index in [1.54, 1.807) is 0 Å². The Labute approximate surface area is 110 Å². The second kappa shape index (κ2) is 13.5. The molecule has 0 saturated heterocycles. The normalized spacial score (nSPS) is 11.2. The SMILES string of the molecule is CCCCCCCCCCC[CH2][Sb]([Cl])[Cl]. The minimum absolute atomic E-state index is 1.14. The summed E-state index contributed by atoms with van der Waals surface area (Å²) in [4.78, 5) is 0. The molecule has 0 N–H and O–H groups in total. The molecule has 0 heterocycles. The Balaban J connectivity index is 2.87. The van der Waals surface area contributed by atoms with E-state index >= 15 is 0 Å². The number of halogens is 2. The molecule has 0 bridgehead atoms. The van der Waals surface area contributed by atoms with Gasteiger partial charge >= 0.3 is 111 Å². The molecule has 0 radical (unpaired) electrons. The summed E-state index contributed by atoms with van der Waals surface area (Å²) in [5.74, 6) is 0. The first-order valence-electron chi connectivity index (χ1n) is 6.36. The molecular weight excluding hydrogens is 337 g/mol. The van der Waals surface area contributed by atoms with E-state index in [0.29, 0.717) is 0 Å². The number of hydrogen-bond donors (Lipinski definition) is 0. The van der Waals surface area contributed by atoms with Gasteiger partial charge < -0.3 is 0 Å². The molecule has 0 amide bonds. The van der Waals surface area contributed by atoms with Gasteiger partial charge in [-0.05, 0) is 0 Å². The molecule has 0 aromatic heterocycles. The van der Waals surface area contributed by atoms with Gasteiger partial charge in [-0.3, -0.25) is 0 Å². The van der Waals surface area contributed by atoms with Gasteiger partial charge in [0.05, 0.1) is 0 Å².